The summed E-state index contributed by atoms with van der Waals surface area (Å²) in [4.78, 5) is 39.5. The molecule has 3 aromatic carbocycles. The number of amides is 4. The molecule has 0 atom stereocenters. The van der Waals surface area contributed by atoms with E-state index in [1.807, 2.05) is 56.3 Å². The van der Waals surface area contributed by atoms with E-state index in [2.05, 4.69) is 37.2 Å². The summed E-state index contributed by atoms with van der Waals surface area (Å²) < 4.78 is 7.68. The number of barbiturate groups is 1. The van der Waals surface area contributed by atoms with Crippen LogP contribution in [0.3, 0.4) is 0 Å². The van der Waals surface area contributed by atoms with Crippen LogP contribution < -0.4 is 15.0 Å². The van der Waals surface area contributed by atoms with Crippen LogP contribution >= 0.6 is 31.9 Å². The van der Waals surface area contributed by atoms with Crippen LogP contribution in [-0.4, -0.2) is 17.8 Å². The molecular formula is C26H20Br2N2O4. The summed E-state index contributed by atoms with van der Waals surface area (Å²) in [5.74, 6) is -0.966. The number of carbonyl (C=O) groups excluding carboxylic acids is 3. The summed E-state index contributed by atoms with van der Waals surface area (Å²) in [6.07, 6.45) is 1.45. The molecule has 3 aromatic rings. The van der Waals surface area contributed by atoms with Crippen molar-refractivity contribution in [2.24, 2.45) is 0 Å². The molecular weight excluding hydrogens is 564 g/mol. The predicted octanol–water partition coefficient (Wildman–Crippen LogP) is 6.07. The van der Waals surface area contributed by atoms with E-state index in [9.17, 15) is 14.4 Å². The number of hydrogen-bond acceptors (Lipinski definition) is 4. The van der Waals surface area contributed by atoms with Crippen LogP contribution in [0.25, 0.3) is 6.08 Å². The molecule has 1 aliphatic rings. The zero-order valence-corrected chi connectivity index (χ0v) is 21.6. The first-order chi connectivity index (χ1) is 16.2. The van der Waals surface area contributed by atoms with Crippen LogP contribution in [-0.2, 0) is 16.2 Å². The van der Waals surface area contributed by atoms with Gasteiger partial charge in [0.15, 0.2) is 0 Å². The highest BCUT2D eigenvalue weighted by molar-refractivity contribution is 9.10. The van der Waals surface area contributed by atoms with Crippen LogP contribution in [0.1, 0.15) is 22.3 Å². The molecule has 0 saturated carbocycles. The average molecular weight is 584 g/mol. The zero-order chi connectivity index (χ0) is 24.4. The third kappa shape index (κ3) is 4.98. The minimum absolute atomic E-state index is 0.164. The van der Waals surface area contributed by atoms with Crippen LogP contribution in [0.15, 0.2) is 75.2 Å². The summed E-state index contributed by atoms with van der Waals surface area (Å²) >= 11 is 6.94. The van der Waals surface area contributed by atoms with Gasteiger partial charge in [-0.2, -0.15) is 0 Å². The summed E-state index contributed by atoms with van der Waals surface area (Å²) in [7, 11) is 0. The minimum Gasteiger partial charge on any atom is -0.488 e. The molecule has 4 amide bonds. The lowest BCUT2D eigenvalue weighted by atomic mass is 10.0. The topological polar surface area (TPSA) is 75.7 Å². The summed E-state index contributed by atoms with van der Waals surface area (Å²) in [6, 6.07) is 17.6. The quantitative estimate of drug-likeness (QED) is 0.292. The van der Waals surface area contributed by atoms with E-state index < -0.39 is 17.8 Å². The Morgan fingerprint density at radius 3 is 2.47 bits per heavy atom. The zero-order valence-electron chi connectivity index (χ0n) is 18.4. The second kappa shape index (κ2) is 9.95. The number of urea groups is 1. The van der Waals surface area contributed by atoms with E-state index in [4.69, 9.17) is 4.74 Å². The number of ether oxygens (including phenoxy) is 1. The van der Waals surface area contributed by atoms with E-state index in [0.717, 1.165) is 30.5 Å². The van der Waals surface area contributed by atoms with Crippen LogP contribution in [0.4, 0.5) is 10.5 Å². The van der Waals surface area contributed by atoms with Gasteiger partial charge in [0.1, 0.15) is 17.9 Å². The number of benzene rings is 3. The van der Waals surface area contributed by atoms with Crippen molar-refractivity contribution >= 4 is 61.5 Å². The van der Waals surface area contributed by atoms with Crippen molar-refractivity contribution in [2.45, 2.75) is 20.5 Å². The monoisotopic (exact) mass is 582 g/mol. The fourth-order valence-electron chi connectivity index (χ4n) is 3.62. The van der Waals surface area contributed by atoms with Gasteiger partial charge in [-0.05, 0) is 55.8 Å². The van der Waals surface area contributed by atoms with Gasteiger partial charge in [-0.3, -0.25) is 14.9 Å². The normalized spacial score (nSPS) is 15.0. The van der Waals surface area contributed by atoms with Gasteiger partial charge in [0, 0.05) is 20.1 Å². The van der Waals surface area contributed by atoms with E-state index in [1.165, 1.54) is 6.08 Å². The standard InChI is InChI=1S/C26H20Br2N2O4/c1-15-7-9-22(16(2)11-15)30-25(32)20(24(31)29-26(30)33)13-18-12-19(27)8-10-23(18)34-14-17-5-3-4-6-21(17)28/h3-13H,14H2,1-2H3,(H,29,31,33)/b20-13+. The maximum absolute atomic E-state index is 13.3. The van der Waals surface area contributed by atoms with Crippen molar-refractivity contribution in [1.82, 2.24) is 5.32 Å². The number of nitrogens with zero attached hydrogens (tertiary/aromatic N) is 1. The van der Waals surface area contributed by atoms with E-state index in [-0.39, 0.29) is 12.2 Å². The molecule has 0 radical (unpaired) electrons. The molecule has 0 spiro atoms. The molecule has 0 bridgehead atoms. The number of imide groups is 2. The third-order valence-electron chi connectivity index (χ3n) is 5.31. The smallest absolute Gasteiger partial charge is 0.335 e. The molecule has 0 aliphatic carbocycles. The summed E-state index contributed by atoms with van der Waals surface area (Å²) in [5.41, 5.74) is 3.47. The number of anilines is 1. The lowest BCUT2D eigenvalue weighted by Gasteiger charge is -2.27. The highest BCUT2D eigenvalue weighted by Gasteiger charge is 2.37. The molecule has 4 rings (SSSR count). The Labute approximate surface area is 213 Å². The Morgan fingerprint density at radius 1 is 0.971 bits per heavy atom. The van der Waals surface area contributed by atoms with Gasteiger partial charge in [0.2, 0.25) is 0 Å². The van der Waals surface area contributed by atoms with Crippen molar-refractivity contribution < 1.29 is 19.1 Å². The second-order valence-electron chi connectivity index (χ2n) is 7.81. The third-order valence-corrected chi connectivity index (χ3v) is 6.57. The number of halogens is 2. The van der Waals surface area contributed by atoms with Gasteiger partial charge in [-0.15, -0.1) is 0 Å². The SMILES string of the molecule is Cc1ccc(N2C(=O)NC(=O)/C(=C\c3cc(Br)ccc3OCc3ccccc3Br)C2=O)c(C)c1. The van der Waals surface area contributed by atoms with E-state index >= 15 is 0 Å². The Balaban J connectivity index is 1.70. The van der Waals surface area contributed by atoms with E-state index in [0.29, 0.717) is 17.0 Å². The Bertz CT molecular complexity index is 1350. The van der Waals surface area contributed by atoms with Gasteiger partial charge >= 0.3 is 6.03 Å². The second-order valence-corrected chi connectivity index (χ2v) is 9.58. The molecule has 8 heteroatoms. The Kier molecular flexibility index (Phi) is 7.00. The summed E-state index contributed by atoms with van der Waals surface area (Å²) in [6.45, 7) is 4.02. The van der Waals surface area contributed by atoms with Crippen LogP contribution in [0, 0.1) is 13.8 Å². The molecule has 0 aromatic heterocycles. The molecule has 1 fully saturated rings. The van der Waals surface area contributed by atoms with Gasteiger partial charge < -0.3 is 4.74 Å². The molecule has 1 aliphatic heterocycles. The van der Waals surface area contributed by atoms with Gasteiger partial charge in [0.05, 0.1) is 5.69 Å². The fourth-order valence-corrected chi connectivity index (χ4v) is 4.40. The molecule has 1 saturated heterocycles. The minimum atomic E-state index is -0.779. The number of hydrogen-bond donors (Lipinski definition) is 1. The van der Waals surface area contributed by atoms with Crippen molar-refractivity contribution in [2.75, 3.05) is 4.90 Å². The highest BCUT2D eigenvalue weighted by atomic mass is 79.9. The van der Waals surface area contributed by atoms with E-state index in [1.54, 1.807) is 18.2 Å². The maximum atomic E-state index is 13.3. The number of rotatable bonds is 5. The maximum Gasteiger partial charge on any atom is 0.335 e. The number of nitrogens with one attached hydrogen (secondary N) is 1. The fraction of sp³-hybridized carbons (Fsp3) is 0.115. The molecule has 172 valence electrons. The molecule has 1 N–H and O–H groups in total. The highest BCUT2D eigenvalue weighted by Crippen LogP contribution is 2.30. The predicted molar refractivity (Wildman–Crippen MR) is 138 cm³/mol. The van der Waals surface area contributed by atoms with Crippen LogP contribution in [0.5, 0.6) is 5.75 Å². The first kappa shape index (κ1) is 23.9. The molecule has 34 heavy (non-hydrogen) atoms. The van der Waals surface area contributed by atoms with Gasteiger partial charge in [0.25, 0.3) is 11.8 Å². The Morgan fingerprint density at radius 2 is 1.74 bits per heavy atom. The number of carbonyl (C=O) groups is 3. The first-order valence-corrected chi connectivity index (χ1v) is 12.0. The van der Waals surface area contributed by atoms with Crippen molar-refractivity contribution in [3.05, 3.63) is 97.4 Å². The van der Waals surface area contributed by atoms with Crippen LogP contribution in [0.2, 0.25) is 0 Å². The van der Waals surface area contributed by atoms with Gasteiger partial charge in [-0.1, -0.05) is 67.8 Å². The largest absolute Gasteiger partial charge is 0.488 e. The summed E-state index contributed by atoms with van der Waals surface area (Å²) in [5, 5.41) is 2.27. The average Bonchev–Trinajstić information content (AvgIpc) is 2.78. The van der Waals surface area contributed by atoms with Crippen molar-refractivity contribution in [3.63, 3.8) is 0 Å². The lowest BCUT2D eigenvalue weighted by molar-refractivity contribution is -0.122. The van der Waals surface area contributed by atoms with Gasteiger partial charge in [-0.25, -0.2) is 9.69 Å². The lowest BCUT2D eigenvalue weighted by Crippen LogP contribution is -2.54. The number of aryl methyl sites for hydroxylation is 2. The Hall–Kier alpha value is -3.23. The van der Waals surface area contributed by atoms with Crippen molar-refractivity contribution in [1.29, 1.82) is 0 Å². The molecule has 0 unspecified atom stereocenters. The molecule has 1 heterocycles. The van der Waals surface area contributed by atoms with Crippen molar-refractivity contribution in [3.8, 4) is 5.75 Å². The molecule has 6 nitrogen and oxygen atoms in total. The first-order valence-electron chi connectivity index (χ1n) is 10.4.